The highest BCUT2D eigenvalue weighted by atomic mass is 16.5. The normalized spacial score (nSPS) is 12.6. The van der Waals surface area contributed by atoms with Gasteiger partial charge >= 0.3 is 11.9 Å². The van der Waals surface area contributed by atoms with E-state index in [2.05, 4.69) is 0 Å². The molecule has 0 bridgehead atoms. The van der Waals surface area contributed by atoms with Gasteiger partial charge in [0.15, 0.2) is 0 Å². The van der Waals surface area contributed by atoms with Crippen molar-refractivity contribution < 1.29 is 19.4 Å². The second-order valence-electron chi connectivity index (χ2n) is 3.56. The van der Waals surface area contributed by atoms with Crippen molar-refractivity contribution in [1.29, 1.82) is 0 Å². The van der Waals surface area contributed by atoms with E-state index in [1.807, 2.05) is 13.8 Å². The Morgan fingerprint density at radius 1 is 1.43 bits per heavy atom. The van der Waals surface area contributed by atoms with Crippen LogP contribution in [-0.4, -0.2) is 29.7 Å². The molecular weight excluding hydrogens is 186 g/mol. The summed E-state index contributed by atoms with van der Waals surface area (Å²) in [6.45, 7) is 4.14. The van der Waals surface area contributed by atoms with Gasteiger partial charge < -0.3 is 15.6 Å². The van der Waals surface area contributed by atoms with Gasteiger partial charge in [-0.2, -0.15) is 0 Å². The van der Waals surface area contributed by atoms with Crippen LogP contribution in [0.15, 0.2) is 0 Å². The lowest BCUT2D eigenvalue weighted by Gasteiger charge is -2.11. The Labute approximate surface area is 83.2 Å². The number of rotatable bonds is 6. The number of carbonyl (C=O) groups excluding carboxylic acids is 1. The van der Waals surface area contributed by atoms with E-state index in [0.717, 1.165) is 0 Å². The molecule has 0 aliphatic rings. The van der Waals surface area contributed by atoms with Crippen LogP contribution in [0.4, 0.5) is 0 Å². The molecule has 5 nitrogen and oxygen atoms in total. The van der Waals surface area contributed by atoms with Gasteiger partial charge in [0.1, 0.15) is 6.04 Å². The number of esters is 1. The van der Waals surface area contributed by atoms with E-state index < -0.39 is 18.0 Å². The summed E-state index contributed by atoms with van der Waals surface area (Å²) in [5.74, 6) is -1.23. The van der Waals surface area contributed by atoms with E-state index in [1.54, 1.807) is 0 Å². The Kier molecular flexibility index (Phi) is 5.87. The minimum absolute atomic E-state index is 0.113. The summed E-state index contributed by atoms with van der Waals surface area (Å²) in [6.07, 6.45) is 0.00417. The molecule has 0 fully saturated rings. The summed E-state index contributed by atoms with van der Waals surface area (Å²) < 4.78 is 4.84. The van der Waals surface area contributed by atoms with Crippen LogP contribution >= 0.6 is 0 Å². The molecule has 0 unspecified atom stereocenters. The lowest BCUT2D eigenvalue weighted by atomic mass is 10.2. The van der Waals surface area contributed by atoms with Gasteiger partial charge in [0.25, 0.3) is 0 Å². The summed E-state index contributed by atoms with van der Waals surface area (Å²) in [5, 5.41) is 8.35. The number of nitrogens with two attached hydrogens (primary N) is 1. The molecule has 0 spiro atoms. The molecule has 82 valence electrons. The maximum Gasteiger partial charge on any atom is 0.322 e. The quantitative estimate of drug-likeness (QED) is 0.609. The molecule has 0 saturated heterocycles. The second kappa shape index (κ2) is 6.37. The van der Waals surface area contributed by atoms with Crippen LogP contribution in [0.25, 0.3) is 0 Å². The Hall–Kier alpha value is -1.10. The molecule has 0 aromatic heterocycles. The lowest BCUT2D eigenvalue weighted by Crippen LogP contribution is -2.33. The standard InChI is InChI=1S/C9H17NO4/c1-6(2)5-14-9(13)7(10)3-4-8(11)12/h6-7H,3-5,10H2,1-2H3,(H,11,12)/t7-/m0/s1. The molecule has 0 aliphatic heterocycles. The van der Waals surface area contributed by atoms with Crippen LogP contribution < -0.4 is 5.73 Å². The van der Waals surface area contributed by atoms with Gasteiger partial charge in [-0.15, -0.1) is 0 Å². The van der Waals surface area contributed by atoms with E-state index in [1.165, 1.54) is 0 Å². The molecule has 0 radical (unpaired) electrons. The van der Waals surface area contributed by atoms with Crippen molar-refractivity contribution >= 4 is 11.9 Å². The molecule has 0 aliphatic carbocycles. The smallest absolute Gasteiger partial charge is 0.322 e. The average Bonchev–Trinajstić information content (AvgIpc) is 2.09. The SMILES string of the molecule is CC(C)COC(=O)[C@@H](N)CCC(=O)O. The average molecular weight is 203 g/mol. The Balaban J connectivity index is 3.70. The number of carboxylic acids is 1. The highest BCUT2D eigenvalue weighted by molar-refractivity contribution is 5.76. The molecule has 0 rings (SSSR count). The zero-order chi connectivity index (χ0) is 11.1. The maximum atomic E-state index is 11.1. The first-order chi connectivity index (χ1) is 6.43. The fourth-order valence-electron chi connectivity index (χ4n) is 0.753. The van der Waals surface area contributed by atoms with Gasteiger partial charge in [0, 0.05) is 6.42 Å². The molecule has 5 heteroatoms. The van der Waals surface area contributed by atoms with Gasteiger partial charge in [-0.1, -0.05) is 13.8 Å². The predicted octanol–water partition coefficient (Wildman–Crippen LogP) is 0.378. The fourth-order valence-corrected chi connectivity index (χ4v) is 0.753. The molecule has 0 heterocycles. The van der Waals surface area contributed by atoms with E-state index in [9.17, 15) is 9.59 Å². The van der Waals surface area contributed by atoms with Crippen molar-refractivity contribution in [3.8, 4) is 0 Å². The zero-order valence-corrected chi connectivity index (χ0v) is 8.53. The molecule has 14 heavy (non-hydrogen) atoms. The lowest BCUT2D eigenvalue weighted by molar-refractivity contribution is -0.146. The van der Waals surface area contributed by atoms with Gasteiger partial charge in [-0.25, -0.2) is 0 Å². The van der Waals surface area contributed by atoms with Crippen molar-refractivity contribution in [3.05, 3.63) is 0 Å². The highest BCUT2D eigenvalue weighted by Crippen LogP contribution is 1.99. The number of carbonyl (C=O) groups is 2. The Morgan fingerprint density at radius 2 is 2.00 bits per heavy atom. The maximum absolute atomic E-state index is 11.1. The Bertz CT molecular complexity index is 203. The zero-order valence-electron chi connectivity index (χ0n) is 8.53. The van der Waals surface area contributed by atoms with E-state index in [-0.39, 0.29) is 18.8 Å². The van der Waals surface area contributed by atoms with Crippen molar-refractivity contribution in [1.82, 2.24) is 0 Å². The first-order valence-electron chi connectivity index (χ1n) is 4.57. The third-order valence-electron chi connectivity index (χ3n) is 1.53. The molecule has 1 atom stereocenters. The van der Waals surface area contributed by atoms with Crippen LogP contribution in [0, 0.1) is 5.92 Å². The minimum Gasteiger partial charge on any atom is -0.481 e. The summed E-state index contributed by atoms with van der Waals surface area (Å²) in [6, 6.07) is -0.829. The van der Waals surface area contributed by atoms with Crippen LogP contribution in [0.3, 0.4) is 0 Å². The third-order valence-corrected chi connectivity index (χ3v) is 1.53. The van der Waals surface area contributed by atoms with Crippen molar-refractivity contribution in [3.63, 3.8) is 0 Å². The van der Waals surface area contributed by atoms with Crippen LogP contribution in [0.5, 0.6) is 0 Å². The van der Waals surface area contributed by atoms with Gasteiger partial charge in [-0.3, -0.25) is 9.59 Å². The Morgan fingerprint density at radius 3 is 2.43 bits per heavy atom. The topological polar surface area (TPSA) is 89.6 Å². The van der Waals surface area contributed by atoms with Gasteiger partial charge in [0.2, 0.25) is 0 Å². The molecule has 0 amide bonds. The second-order valence-corrected chi connectivity index (χ2v) is 3.56. The number of hydrogen-bond donors (Lipinski definition) is 2. The fraction of sp³-hybridized carbons (Fsp3) is 0.778. The van der Waals surface area contributed by atoms with Gasteiger partial charge in [-0.05, 0) is 12.3 Å². The number of hydrogen-bond acceptors (Lipinski definition) is 4. The molecule has 0 aromatic carbocycles. The van der Waals surface area contributed by atoms with E-state index >= 15 is 0 Å². The number of aliphatic carboxylic acids is 1. The summed E-state index contributed by atoms with van der Waals surface area (Å²) in [4.78, 5) is 21.3. The van der Waals surface area contributed by atoms with Crippen molar-refractivity contribution in [2.45, 2.75) is 32.7 Å². The molecule has 0 aromatic rings. The van der Waals surface area contributed by atoms with Crippen molar-refractivity contribution in [2.24, 2.45) is 11.7 Å². The van der Waals surface area contributed by atoms with Crippen molar-refractivity contribution in [2.75, 3.05) is 6.61 Å². The first-order valence-corrected chi connectivity index (χ1v) is 4.57. The monoisotopic (exact) mass is 203 g/mol. The predicted molar refractivity (Wildman–Crippen MR) is 50.6 cm³/mol. The molecule has 3 N–H and O–H groups in total. The third kappa shape index (κ3) is 6.42. The molecular formula is C9H17NO4. The van der Waals surface area contributed by atoms with Crippen LogP contribution in [-0.2, 0) is 14.3 Å². The highest BCUT2D eigenvalue weighted by Gasteiger charge is 2.16. The number of ether oxygens (including phenoxy) is 1. The van der Waals surface area contributed by atoms with Gasteiger partial charge in [0.05, 0.1) is 6.61 Å². The molecule has 0 saturated carbocycles. The summed E-state index contributed by atoms with van der Waals surface area (Å²) >= 11 is 0. The largest absolute Gasteiger partial charge is 0.481 e. The summed E-state index contributed by atoms with van der Waals surface area (Å²) in [5.41, 5.74) is 5.41. The number of carboxylic acid groups (broad SMARTS) is 1. The van der Waals surface area contributed by atoms with Crippen LogP contribution in [0.2, 0.25) is 0 Å². The summed E-state index contributed by atoms with van der Waals surface area (Å²) in [7, 11) is 0. The van der Waals surface area contributed by atoms with E-state index in [4.69, 9.17) is 15.6 Å². The minimum atomic E-state index is -0.961. The first kappa shape index (κ1) is 12.9. The van der Waals surface area contributed by atoms with E-state index in [0.29, 0.717) is 6.61 Å². The van der Waals surface area contributed by atoms with Crippen LogP contribution in [0.1, 0.15) is 26.7 Å².